The topological polar surface area (TPSA) is 118 Å². The molecule has 2 aromatic rings. The Morgan fingerprint density at radius 1 is 1.06 bits per heavy atom. The number of nitrogens with zero attached hydrogens (tertiary/aromatic N) is 2. The minimum Gasteiger partial charge on any atom is -0.462 e. The highest BCUT2D eigenvalue weighted by atomic mass is 32.1. The number of amides is 2. The van der Waals surface area contributed by atoms with Crippen molar-refractivity contribution in [1.82, 2.24) is 9.80 Å². The molecule has 0 spiro atoms. The van der Waals surface area contributed by atoms with E-state index in [-0.39, 0.29) is 52.8 Å². The standard InChI is InChI=1S/C22H27N3O7S/c1-4-30-21(28)17-14(3)18(22(29)31-5-2)33-19(17)23-16(26)13-24-8-10-25(11-9-24)20(27)15-7-6-12-32-15/h6-7,12H,4-5,8-11,13H2,1-3H3,(H,23,26). The fourth-order valence-corrected chi connectivity index (χ4v) is 4.58. The summed E-state index contributed by atoms with van der Waals surface area (Å²) in [6.45, 7) is 7.40. The first-order valence-corrected chi connectivity index (χ1v) is 11.5. The number of nitrogens with one attached hydrogen (secondary N) is 1. The quantitative estimate of drug-likeness (QED) is 0.576. The number of hydrogen-bond acceptors (Lipinski definition) is 9. The van der Waals surface area contributed by atoms with E-state index in [9.17, 15) is 19.2 Å². The van der Waals surface area contributed by atoms with Gasteiger partial charge in [0.2, 0.25) is 5.91 Å². The van der Waals surface area contributed by atoms with Crippen LogP contribution in [0.25, 0.3) is 0 Å². The molecule has 1 aliphatic rings. The van der Waals surface area contributed by atoms with Gasteiger partial charge < -0.3 is 24.1 Å². The van der Waals surface area contributed by atoms with Crippen molar-refractivity contribution in [2.45, 2.75) is 20.8 Å². The number of anilines is 1. The molecule has 2 amide bonds. The maximum Gasteiger partial charge on any atom is 0.348 e. The first kappa shape index (κ1) is 24.5. The number of hydrogen-bond donors (Lipinski definition) is 1. The highest BCUT2D eigenvalue weighted by Crippen LogP contribution is 2.34. The van der Waals surface area contributed by atoms with Gasteiger partial charge in [-0.2, -0.15) is 0 Å². The van der Waals surface area contributed by atoms with Gasteiger partial charge in [0.15, 0.2) is 5.76 Å². The third kappa shape index (κ3) is 5.79. The number of thiophene rings is 1. The van der Waals surface area contributed by atoms with Gasteiger partial charge in [-0.1, -0.05) is 0 Å². The molecule has 0 atom stereocenters. The predicted molar refractivity (Wildman–Crippen MR) is 121 cm³/mol. The second-order valence-corrected chi connectivity index (χ2v) is 8.32. The second kappa shape index (κ2) is 11.1. The third-order valence-electron chi connectivity index (χ3n) is 5.10. The van der Waals surface area contributed by atoms with Crippen molar-refractivity contribution in [3.63, 3.8) is 0 Å². The van der Waals surface area contributed by atoms with Crippen molar-refractivity contribution >= 4 is 40.1 Å². The van der Waals surface area contributed by atoms with E-state index < -0.39 is 11.9 Å². The van der Waals surface area contributed by atoms with Crippen LogP contribution in [-0.2, 0) is 14.3 Å². The molecule has 33 heavy (non-hydrogen) atoms. The van der Waals surface area contributed by atoms with Crippen LogP contribution in [0, 0.1) is 6.92 Å². The predicted octanol–water partition coefficient (Wildman–Crippen LogP) is 2.40. The summed E-state index contributed by atoms with van der Waals surface area (Å²) in [5.74, 6) is -1.38. The summed E-state index contributed by atoms with van der Waals surface area (Å²) in [7, 11) is 0. The van der Waals surface area contributed by atoms with Crippen LogP contribution in [0.4, 0.5) is 5.00 Å². The van der Waals surface area contributed by atoms with Crippen molar-refractivity contribution in [2.24, 2.45) is 0 Å². The Morgan fingerprint density at radius 2 is 1.73 bits per heavy atom. The van der Waals surface area contributed by atoms with Gasteiger partial charge in [-0.05, 0) is 38.5 Å². The van der Waals surface area contributed by atoms with E-state index in [4.69, 9.17) is 13.9 Å². The number of esters is 2. The molecule has 0 aromatic carbocycles. The van der Waals surface area contributed by atoms with Gasteiger partial charge in [-0.15, -0.1) is 11.3 Å². The normalized spacial score (nSPS) is 14.1. The zero-order valence-corrected chi connectivity index (χ0v) is 19.7. The molecule has 3 rings (SSSR count). The summed E-state index contributed by atoms with van der Waals surface area (Å²) in [5.41, 5.74) is 0.573. The van der Waals surface area contributed by atoms with Crippen molar-refractivity contribution in [3.8, 4) is 0 Å². The summed E-state index contributed by atoms with van der Waals surface area (Å²) in [6.07, 6.45) is 1.46. The van der Waals surface area contributed by atoms with Gasteiger partial charge in [-0.25, -0.2) is 9.59 Å². The average molecular weight is 478 g/mol. The Kier molecular flexibility index (Phi) is 8.23. The molecular weight excluding hydrogens is 450 g/mol. The summed E-state index contributed by atoms with van der Waals surface area (Å²) < 4.78 is 15.3. The lowest BCUT2D eigenvalue weighted by molar-refractivity contribution is -0.117. The minimum absolute atomic E-state index is 0.0801. The lowest BCUT2D eigenvalue weighted by Gasteiger charge is -2.33. The van der Waals surface area contributed by atoms with Crippen molar-refractivity contribution in [3.05, 3.63) is 40.2 Å². The van der Waals surface area contributed by atoms with Crippen LogP contribution in [0.15, 0.2) is 22.8 Å². The molecule has 0 aliphatic carbocycles. The smallest absolute Gasteiger partial charge is 0.348 e. The van der Waals surface area contributed by atoms with E-state index in [1.54, 1.807) is 37.8 Å². The van der Waals surface area contributed by atoms with Crippen LogP contribution in [0.5, 0.6) is 0 Å². The highest BCUT2D eigenvalue weighted by Gasteiger charge is 2.29. The zero-order chi connectivity index (χ0) is 24.0. The van der Waals surface area contributed by atoms with E-state index in [0.717, 1.165) is 11.3 Å². The minimum atomic E-state index is -0.609. The summed E-state index contributed by atoms with van der Waals surface area (Å²) >= 11 is 0.992. The fraction of sp³-hybridized carbons (Fsp3) is 0.455. The maximum absolute atomic E-state index is 12.7. The maximum atomic E-state index is 12.7. The van der Waals surface area contributed by atoms with Crippen LogP contribution in [0.1, 0.15) is 50.0 Å². The largest absolute Gasteiger partial charge is 0.462 e. The van der Waals surface area contributed by atoms with E-state index in [1.165, 1.54) is 6.26 Å². The average Bonchev–Trinajstić information content (AvgIpc) is 3.42. The second-order valence-electron chi connectivity index (χ2n) is 7.30. The molecule has 0 radical (unpaired) electrons. The van der Waals surface area contributed by atoms with Gasteiger partial charge in [0, 0.05) is 26.2 Å². The molecule has 178 valence electrons. The first-order chi connectivity index (χ1) is 15.8. The number of piperazine rings is 1. The molecule has 0 saturated carbocycles. The van der Waals surface area contributed by atoms with Gasteiger partial charge in [0.05, 0.1) is 31.6 Å². The molecule has 2 aromatic heterocycles. The molecule has 10 nitrogen and oxygen atoms in total. The molecule has 1 fully saturated rings. The molecule has 1 N–H and O–H groups in total. The van der Waals surface area contributed by atoms with Gasteiger partial charge in [0.1, 0.15) is 9.88 Å². The Hall–Kier alpha value is -3.18. The van der Waals surface area contributed by atoms with E-state index >= 15 is 0 Å². The van der Waals surface area contributed by atoms with Crippen LogP contribution >= 0.6 is 11.3 Å². The number of furan rings is 1. The lowest BCUT2D eigenvalue weighted by Crippen LogP contribution is -2.50. The Morgan fingerprint density at radius 3 is 2.33 bits per heavy atom. The van der Waals surface area contributed by atoms with Gasteiger partial charge in [0.25, 0.3) is 5.91 Å². The van der Waals surface area contributed by atoms with Crippen LogP contribution in [0.3, 0.4) is 0 Å². The third-order valence-corrected chi connectivity index (χ3v) is 6.29. The van der Waals surface area contributed by atoms with Crippen LogP contribution in [0.2, 0.25) is 0 Å². The summed E-state index contributed by atoms with van der Waals surface area (Å²) in [4.78, 5) is 53.7. The first-order valence-electron chi connectivity index (χ1n) is 10.7. The molecule has 0 bridgehead atoms. The monoisotopic (exact) mass is 477 g/mol. The molecule has 11 heteroatoms. The molecular formula is C22H27N3O7S. The Balaban J connectivity index is 1.64. The Bertz CT molecular complexity index is 1010. The fourth-order valence-electron chi connectivity index (χ4n) is 3.48. The van der Waals surface area contributed by atoms with Crippen molar-refractivity contribution in [2.75, 3.05) is 51.3 Å². The summed E-state index contributed by atoms with van der Waals surface area (Å²) in [6, 6.07) is 3.29. The number of carbonyl (C=O) groups is 4. The molecule has 1 saturated heterocycles. The number of ether oxygens (including phenoxy) is 2. The Labute approximate surface area is 195 Å². The number of rotatable bonds is 8. The van der Waals surface area contributed by atoms with Crippen molar-refractivity contribution < 1.29 is 33.1 Å². The summed E-state index contributed by atoms with van der Waals surface area (Å²) in [5, 5.41) is 3.00. The number of carbonyl (C=O) groups excluding carboxylic acids is 4. The van der Waals surface area contributed by atoms with Gasteiger partial charge in [-0.3, -0.25) is 14.5 Å². The van der Waals surface area contributed by atoms with Crippen molar-refractivity contribution in [1.29, 1.82) is 0 Å². The van der Waals surface area contributed by atoms with E-state index in [2.05, 4.69) is 5.32 Å². The van der Waals surface area contributed by atoms with E-state index in [0.29, 0.717) is 31.7 Å². The van der Waals surface area contributed by atoms with E-state index in [1.807, 2.05) is 4.90 Å². The lowest BCUT2D eigenvalue weighted by atomic mass is 10.1. The van der Waals surface area contributed by atoms with Crippen LogP contribution < -0.4 is 5.32 Å². The molecule has 3 heterocycles. The highest BCUT2D eigenvalue weighted by molar-refractivity contribution is 7.18. The molecule has 0 unspecified atom stereocenters. The van der Waals surface area contributed by atoms with Crippen LogP contribution in [-0.4, -0.2) is 79.5 Å². The zero-order valence-electron chi connectivity index (χ0n) is 18.8. The molecule has 1 aliphatic heterocycles. The van der Waals surface area contributed by atoms with Gasteiger partial charge >= 0.3 is 11.9 Å². The SMILES string of the molecule is CCOC(=O)c1sc(NC(=O)CN2CCN(C(=O)c3ccco3)CC2)c(C(=O)OCC)c1C.